The van der Waals surface area contributed by atoms with E-state index in [2.05, 4.69) is 4.98 Å². The van der Waals surface area contributed by atoms with Crippen molar-refractivity contribution in [3.8, 4) is 0 Å². The Labute approximate surface area is 118 Å². The molecule has 1 aromatic heterocycles. The Kier molecular flexibility index (Phi) is 3.87. The number of nitrogens with zero attached hydrogens (tertiary/aromatic N) is 2. The van der Waals surface area contributed by atoms with Crippen molar-refractivity contribution < 1.29 is 9.84 Å². The van der Waals surface area contributed by atoms with Crippen LogP contribution in [0.15, 0.2) is 12.4 Å². The minimum absolute atomic E-state index is 0.0281. The second kappa shape index (κ2) is 5.46. The maximum absolute atomic E-state index is 10.6. The second-order valence-corrected chi connectivity index (χ2v) is 6.96. The molecule has 0 bridgehead atoms. The third kappa shape index (κ3) is 2.69. The summed E-state index contributed by atoms with van der Waals surface area (Å²) in [5.41, 5.74) is 0.0281. The van der Waals surface area contributed by atoms with Gasteiger partial charge in [-0.25, -0.2) is 4.98 Å². The molecule has 2 unspecified atom stereocenters. The molecule has 2 aliphatic heterocycles. The SMILES string of the molecule is Cn1ccnc1C(O)C1CCOC2(CCSCC2)C1. The Hall–Kier alpha value is -0.520. The van der Waals surface area contributed by atoms with E-state index in [1.807, 2.05) is 29.6 Å². The van der Waals surface area contributed by atoms with Gasteiger partial charge in [-0.2, -0.15) is 11.8 Å². The van der Waals surface area contributed by atoms with E-state index in [0.717, 1.165) is 38.1 Å². The summed E-state index contributed by atoms with van der Waals surface area (Å²) < 4.78 is 8.00. The topological polar surface area (TPSA) is 47.3 Å². The number of hydrogen-bond donors (Lipinski definition) is 1. The van der Waals surface area contributed by atoms with Crippen molar-refractivity contribution >= 4 is 11.8 Å². The average Bonchev–Trinajstić information content (AvgIpc) is 2.85. The summed E-state index contributed by atoms with van der Waals surface area (Å²) in [7, 11) is 1.94. The van der Waals surface area contributed by atoms with E-state index in [0.29, 0.717) is 0 Å². The first kappa shape index (κ1) is 13.5. The minimum Gasteiger partial charge on any atom is -0.385 e. The Morgan fingerprint density at radius 1 is 1.53 bits per heavy atom. The van der Waals surface area contributed by atoms with Crippen molar-refractivity contribution in [2.24, 2.45) is 13.0 Å². The average molecular weight is 282 g/mol. The van der Waals surface area contributed by atoms with Gasteiger partial charge in [-0.05, 0) is 43.1 Å². The number of aromatic nitrogens is 2. The van der Waals surface area contributed by atoms with Crippen LogP contribution in [0.25, 0.3) is 0 Å². The van der Waals surface area contributed by atoms with Crippen LogP contribution in [0.2, 0.25) is 0 Å². The Bertz CT molecular complexity index is 423. The molecule has 19 heavy (non-hydrogen) atoms. The molecule has 106 valence electrons. The molecule has 5 heteroatoms. The van der Waals surface area contributed by atoms with E-state index in [1.165, 1.54) is 11.5 Å². The first-order valence-electron chi connectivity index (χ1n) is 7.07. The molecule has 0 aliphatic carbocycles. The molecule has 1 spiro atoms. The van der Waals surface area contributed by atoms with Gasteiger partial charge in [0.05, 0.1) is 5.60 Å². The molecule has 0 aromatic carbocycles. The molecule has 2 saturated heterocycles. The summed E-state index contributed by atoms with van der Waals surface area (Å²) in [4.78, 5) is 4.29. The fourth-order valence-corrected chi connectivity index (χ4v) is 4.54. The third-order valence-corrected chi connectivity index (χ3v) is 5.49. The van der Waals surface area contributed by atoms with E-state index in [4.69, 9.17) is 4.74 Å². The minimum atomic E-state index is -0.463. The van der Waals surface area contributed by atoms with Crippen LogP contribution >= 0.6 is 11.8 Å². The molecular formula is C14H22N2O2S. The van der Waals surface area contributed by atoms with Crippen LogP contribution in [0.5, 0.6) is 0 Å². The number of hydrogen-bond acceptors (Lipinski definition) is 4. The number of imidazole rings is 1. The molecule has 0 amide bonds. The van der Waals surface area contributed by atoms with Crippen molar-refractivity contribution in [3.05, 3.63) is 18.2 Å². The zero-order valence-corrected chi connectivity index (χ0v) is 12.2. The van der Waals surface area contributed by atoms with Gasteiger partial charge in [0.1, 0.15) is 11.9 Å². The van der Waals surface area contributed by atoms with Crippen molar-refractivity contribution in [2.45, 2.75) is 37.4 Å². The van der Waals surface area contributed by atoms with Crippen LogP contribution < -0.4 is 0 Å². The number of aryl methyl sites for hydroxylation is 1. The van der Waals surface area contributed by atoms with Crippen molar-refractivity contribution in [1.82, 2.24) is 9.55 Å². The number of ether oxygens (including phenoxy) is 1. The van der Waals surface area contributed by atoms with Gasteiger partial charge < -0.3 is 14.4 Å². The molecule has 1 N–H and O–H groups in total. The molecule has 4 nitrogen and oxygen atoms in total. The van der Waals surface area contributed by atoms with Crippen molar-refractivity contribution in [3.63, 3.8) is 0 Å². The molecule has 0 radical (unpaired) electrons. The summed E-state index contributed by atoms with van der Waals surface area (Å²) in [6, 6.07) is 0. The number of aliphatic hydroxyl groups is 1. The summed E-state index contributed by atoms with van der Waals surface area (Å²) in [5, 5.41) is 10.6. The molecule has 2 fully saturated rings. The predicted molar refractivity (Wildman–Crippen MR) is 76.1 cm³/mol. The number of rotatable bonds is 2. The fraction of sp³-hybridized carbons (Fsp3) is 0.786. The van der Waals surface area contributed by atoms with Gasteiger partial charge in [-0.1, -0.05) is 0 Å². The lowest BCUT2D eigenvalue weighted by Crippen LogP contribution is -2.44. The molecule has 2 atom stereocenters. The standard InChI is InChI=1S/C14H22N2O2S/c1-16-6-5-15-13(16)12(17)11-2-7-18-14(10-11)3-8-19-9-4-14/h5-6,11-12,17H,2-4,7-10H2,1H3. The molecular weight excluding hydrogens is 260 g/mol. The van der Waals surface area contributed by atoms with Gasteiger partial charge in [0.2, 0.25) is 0 Å². The largest absolute Gasteiger partial charge is 0.385 e. The summed E-state index contributed by atoms with van der Waals surface area (Å²) in [5.74, 6) is 3.43. The number of aliphatic hydroxyl groups excluding tert-OH is 1. The van der Waals surface area contributed by atoms with Gasteiger partial charge in [0, 0.05) is 26.0 Å². The van der Waals surface area contributed by atoms with E-state index in [-0.39, 0.29) is 11.5 Å². The zero-order valence-electron chi connectivity index (χ0n) is 11.4. The second-order valence-electron chi connectivity index (χ2n) is 5.74. The fourth-order valence-electron chi connectivity index (χ4n) is 3.30. The molecule has 0 saturated carbocycles. The molecule has 2 aliphatic rings. The van der Waals surface area contributed by atoms with Gasteiger partial charge in [0.25, 0.3) is 0 Å². The highest BCUT2D eigenvalue weighted by atomic mass is 32.2. The van der Waals surface area contributed by atoms with Crippen LogP contribution in [0.1, 0.15) is 37.6 Å². The van der Waals surface area contributed by atoms with Crippen molar-refractivity contribution in [1.29, 1.82) is 0 Å². The van der Waals surface area contributed by atoms with Crippen LogP contribution in [0.3, 0.4) is 0 Å². The highest BCUT2D eigenvalue weighted by molar-refractivity contribution is 7.99. The first-order chi connectivity index (χ1) is 9.20. The Balaban J connectivity index is 1.72. The van der Waals surface area contributed by atoms with Crippen LogP contribution in [0.4, 0.5) is 0 Å². The normalized spacial score (nSPS) is 28.4. The van der Waals surface area contributed by atoms with E-state index >= 15 is 0 Å². The maximum atomic E-state index is 10.6. The molecule has 1 aromatic rings. The lowest BCUT2D eigenvalue weighted by Gasteiger charge is -2.44. The third-order valence-electron chi connectivity index (χ3n) is 4.50. The van der Waals surface area contributed by atoms with E-state index < -0.39 is 6.10 Å². The predicted octanol–water partition coefficient (Wildman–Crippen LogP) is 2.15. The highest BCUT2D eigenvalue weighted by Gasteiger charge is 2.41. The van der Waals surface area contributed by atoms with Gasteiger partial charge >= 0.3 is 0 Å². The Morgan fingerprint density at radius 3 is 3.00 bits per heavy atom. The molecule has 3 heterocycles. The van der Waals surface area contributed by atoms with E-state index in [9.17, 15) is 5.11 Å². The van der Waals surface area contributed by atoms with Crippen LogP contribution in [-0.2, 0) is 11.8 Å². The maximum Gasteiger partial charge on any atom is 0.137 e. The summed E-state index contributed by atoms with van der Waals surface area (Å²) in [6.45, 7) is 0.775. The van der Waals surface area contributed by atoms with Crippen LogP contribution in [0, 0.1) is 5.92 Å². The zero-order chi connectivity index (χ0) is 13.3. The quantitative estimate of drug-likeness (QED) is 0.903. The lowest BCUT2D eigenvalue weighted by atomic mass is 9.79. The lowest BCUT2D eigenvalue weighted by molar-refractivity contribution is -0.122. The smallest absolute Gasteiger partial charge is 0.137 e. The monoisotopic (exact) mass is 282 g/mol. The molecule has 3 rings (SSSR count). The Morgan fingerprint density at radius 2 is 2.32 bits per heavy atom. The van der Waals surface area contributed by atoms with Gasteiger partial charge in [0.15, 0.2) is 0 Å². The van der Waals surface area contributed by atoms with Crippen LogP contribution in [-0.4, -0.2) is 38.4 Å². The number of thioether (sulfide) groups is 1. The van der Waals surface area contributed by atoms with Gasteiger partial charge in [-0.3, -0.25) is 0 Å². The van der Waals surface area contributed by atoms with E-state index in [1.54, 1.807) is 6.20 Å². The van der Waals surface area contributed by atoms with Gasteiger partial charge in [-0.15, -0.1) is 0 Å². The van der Waals surface area contributed by atoms with Crippen molar-refractivity contribution in [2.75, 3.05) is 18.1 Å². The summed E-state index contributed by atoms with van der Waals surface area (Å²) in [6.07, 6.45) is 7.35. The first-order valence-corrected chi connectivity index (χ1v) is 8.23. The highest BCUT2D eigenvalue weighted by Crippen LogP contribution is 2.43. The summed E-state index contributed by atoms with van der Waals surface area (Å²) >= 11 is 2.01.